The molecule has 0 spiro atoms. The molecule has 0 bridgehead atoms. The third-order valence-electron chi connectivity index (χ3n) is 3.74. The first-order valence-corrected chi connectivity index (χ1v) is 7.05. The predicted octanol–water partition coefficient (Wildman–Crippen LogP) is 2.23. The maximum Gasteiger partial charge on any atom is 0.407 e. The molecular weight excluding hydrogens is 328 g/mol. The fraction of sp³-hybridized carbons (Fsp3) is 0.462. The number of aromatic nitrogens is 1. The summed E-state index contributed by atoms with van der Waals surface area (Å²) in [5.41, 5.74) is -0.231. The van der Waals surface area contributed by atoms with Crippen molar-refractivity contribution in [1.82, 2.24) is 9.88 Å². The smallest absolute Gasteiger partial charge is 0.407 e. The number of pyridine rings is 1. The number of carboxylic acid groups (broad SMARTS) is 2. The lowest BCUT2D eigenvalue weighted by Gasteiger charge is -2.37. The Morgan fingerprint density at radius 1 is 1.30 bits per heavy atom. The van der Waals surface area contributed by atoms with Crippen LogP contribution in [0, 0.1) is 5.41 Å². The largest absolute Gasteiger partial charge is 0.481 e. The highest BCUT2D eigenvalue weighted by molar-refractivity contribution is 9.10. The Hall–Kier alpha value is -1.63. The molecule has 20 heavy (non-hydrogen) atoms. The van der Waals surface area contributed by atoms with Crippen molar-refractivity contribution in [3.63, 3.8) is 0 Å². The molecule has 0 radical (unpaired) electrons. The van der Waals surface area contributed by atoms with Crippen LogP contribution in [-0.4, -0.2) is 45.2 Å². The van der Waals surface area contributed by atoms with E-state index in [2.05, 4.69) is 20.9 Å². The summed E-state index contributed by atoms with van der Waals surface area (Å²) < 4.78 is 0.665. The lowest BCUT2D eigenvalue weighted by atomic mass is 9.75. The van der Waals surface area contributed by atoms with E-state index < -0.39 is 17.5 Å². The molecule has 1 amide bonds. The Morgan fingerprint density at radius 3 is 2.45 bits per heavy atom. The number of piperidine rings is 1. The molecular formula is C13H15BrN2O4. The van der Waals surface area contributed by atoms with E-state index in [-0.39, 0.29) is 13.1 Å². The van der Waals surface area contributed by atoms with Gasteiger partial charge in [0.05, 0.1) is 5.41 Å². The van der Waals surface area contributed by atoms with Gasteiger partial charge in [-0.1, -0.05) is 6.07 Å². The van der Waals surface area contributed by atoms with E-state index in [0.29, 0.717) is 29.6 Å². The zero-order valence-corrected chi connectivity index (χ0v) is 12.3. The van der Waals surface area contributed by atoms with Crippen molar-refractivity contribution in [3.05, 3.63) is 28.5 Å². The van der Waals surface area contributed by atoms with Crippen LogP contribution in [0.5, 0.6) is 0 Å². The zero-order valence-electron chi connectivity index (χ0n) is 10.8. The minimum absolute atomic E-state index is 0.246. The lowest BCUT2D eigenvalue weighted by molar-refractivity contribution is -0.151. The number of hydrogen-bond donors (Lipinski definition) is 2. The van der Waals surface area contributed by atoms with Gasteiger partial charge in [0.15, 0.2) is 0 Å². The van der Waals surface area contributed by atoms with Gasteiger partial charge < -0.3 is 15.1 Å². The van der Waals surface area contributed by atoms with Crippen LogP contribution in [-0.2, 0) is 11.2 Å². The lowest BCUT2D eigenvalue weighted by Crippen LogP contribution is -2.47. The van der Waals surface area contributed by atoms with Crippen molar-refractivity contribution in [1.29, 1.82) is 0 Å². The average Bonchev–Trinajstić information content (AvgIpc) is 2.39. The molecule has 0 atom stereocenters. The predicted molar refractivity (Wildman–Crippen MR) is 74.5 cm³/mol. The molecule has 1 aromatic rings. The standard InChI is InChI=1S/C13H15BrN2O4/c14-10-3-1-2-9(15-10)8-13(11(17)18)4-6-16(7-5-13)12(19)20/h1-3H,4-8H2,(H,17,18)(H,19,20). The summed E-state index contributed by atoms with van der Waals surface area (Å²) in [6.45, 7) is 0.491. The number of amides is 1. The van der Waals surface area contributed by atoms with Gasteiger partial charge in [-0.25, -0.2) is 9.78 Å². The van der Waals surface area contributed by atoms with Crippen LogP contribution in [0.4, 0.5) is 4.79 Å². The van der Waals surface area contributed by atoms with Crippen LogP contribution in [0.3, 0.4) is 0 Å². The second-order valence-corrected chi connectivity index (χ2v) is 5.80. The third kappa shape index (κ3) is 3.09. The van der Waals surface area contributed by atoms with Crippen molar-refractivity contribution in [2.24, 2.45) is 5.41 Å². The monoisotopic (exact) mass is 342 g/mol. The van der Waals surface area contributed by atoms with Crippen LogP contribution in [0.2, 0.25) is 0 Å². The van der Waals surface area contributed by atoms with E-state index in [0.717, 1.165) is 0 Å². The fourth-order valence-corrected chi connectivity index (χ4v) is 2.87. The molecule has 2 heterocycles. The van der Waals surface area contributed by atoms with Crippen LogP contribution in [0.1, 0.15) is 18.5 Å². The molecule has 2 rings (SSSR count). The number of nitrogens with zero attached hydrogens (tertiary/aromatic N) is 2. The van der Waals surface area contributed by atoms with E-state index >= 15 is 0 Å². The van der Waals surface area contributed by atoms with E-state index in [1.54, 1.807) is 12.1 Å². The highest BCUT2D eigenvalue weighted by Crippen LogP contribution is 2.35. The van der Waals surface area contributed by atoms with Crippen molar-refractivity contribution in [3.8, 4) is 0 Å². The molecule has 1 aliphatic heterocycles. The molecule has 7 heteroatoms. The number of likely N-dealkylation sites (tertiary alicyclic amines) is 1. The second-order valence-electron chi connectivity index (χ2n) is 4.98. The molecule has 0 aromatic carbocycles. The summed E-state index contributed by atoms with van der Waals surface area (Å²) >= 11 is 3.27. The van der Waals surface area contributed by atoms with Crippen LogP contribution in [0.15, 0.2) is 22.8 Å². The molecule has 6 nitrogen and oxygen atoms in total. The number of carboxylic acids is 1. The highest BCUT2D eigenvalue weighted by atomic mass is 79.9. The van der Waals surface area contributed by atoms with E-state index in [9.17, 15) is 14.7 Å². The van der Waals surface area contributed by atoms with Gasteiger partial charge in [-0.15, -0.1) is 0 Å². The van der Waals surface area contributed by atoms with Gasteiger partial charge in [0.2, 0.25) is 0 Å². The molecule has 1 aromatic heterocycles. The summed E-state index contributed by atoms with van der Waals surface area (Å²) in [5.74, 6) is -0.885. The summed E-state index contributed by atoms with van der Waals surface area (Å²) in [4.78, 5) is 28.1. The van der Waals surface area contributed by atoms with Crippen molar-refractivity contribution in [2.75, 3.05) is 13.1 Å². The number of aliphatic carboxylic acids is 1. The van der Waals surface area contributed by atoms with Crippen LogP contribution in [0.25, 0.3) is 0 Å². The van der Waals surface area contributed by atoms with Gasteiger partial charge in [0, 0.05) is 25.2 Å². The summed E-state index contributed by atoms with van der Waals surface area (Å²) in [6.07, 6.45) is -0.0643. The topological polar surface area (TPSA) is 90.7 Å². The second kappa shape index (κ2) is 5.78. The number of halogens is 1. The van der Waals surface area contributed by atoms with E-state index in [4.69, 9.17) is 5.11 Å². The first-order chi connectivity index (χ1) is 9.43. The minimum atomic E-state index is -0.996. The molecule has 0 saturated carbocycles. The van der Waals surface area contributed by atoms with Gasteiger partial charge in [-0.3, -0.25) is 4.79 Å². The summed E-state index contributed by atoms with van der Waals surface area (Å²) in [6, 6.07) is 5.39. The Bertz CT molecular complexity index is 527. The highest BCUT2D eigenvalue weighted by Gasteiger charge is 2.42. The van der Waals surface area contributed by atoms with Gasteiger partial charge in [-0.2, -0.15) is 0 Å². The molecule has 0 unspecified atom stereocenters. The fourth-order valence-electron chi connectivity index (χ4n) is 2.49. The Labute approximate surface area is 124 Å². The Morgan fingerprint density at radius 2 is 1.95 bits per heavy atom. The van der Waals surface area contributed by atoms with Crippen molar-refractivity contribution >= 4 is 28.0 Å². The first-order valence-electron chi connectivity index (χ1n) is 6.26. The number of rotatable bonds is 3. The SMILES string of the molecule is O=C(O)N1CCC(Cc2cccc(Br)n2)(C(=O)O)CC1. The summed E-state index contributed by atoms with van der Waals surface area (Å²) in [7, 11) is 0. The van der Waals surface area contributed by atoms with Crippen LogP contribution >= 0.6 is 15.9 Å². The molecule has 108 valence electrons. The minimum Gasteiger partial charge on any atom is -0.481 e. The molecule has 1 aliphatic rings. The number of hydrogen-bond acceptors (Lipinski definition) is 3. The molecule has 2 N–H and O–H groups in total. The summed E-state index contributed by atoms with van der Waals surface area (Å²) in [5, 5.41) is 18.5. The maximum atomic E-state index is 11.6. The normalized spacial score (nSPS) is 17.8. The quantitative estimate of drug-likeness (QED) is 0.822. The molecule has 0 aliphatic carbocycles. The van der Waals surface area contributed by atoms with Crippen LogP contribution < -0.4 is 0 Å². The third-order valence-corrected chi connectivity index (χ3v) is 4.18. The zero-order chi connectivity index (χ0) is 14.8. The van der Waals surface area contributed by atoms with Crippen molar-refractivity contribution < 1.29 is 19.8 Å². The van der Waals surface area contributed by atoms with Gasteiger partial charge in [0.1, 0.15) is 4.60 Å². The van der Waals surface area contributed by atoms with Gasteiger partial charge >= 0.3 is 12.1 Å². The maximum absolute atomic E-state index is 11.6. The molecule has 1 fully saturated rings. The Kier molecular flexibility index (Phi) is 4.27. The van der Waals surface area contributed by atoms with Crippen molar-refractivity contribution in [2.45, 2.75) is 19.3 Å². The van der Waals surface area contributed by atoms with Gasteiger partial charge in [0.25, 0.3) is 0 Å². The average molecular weight is 343 g/mol. The number of carbonyl (C=O) groups is 2. The van der Waals surface area contributed by atoms with Gasteiger partial charge in [-0.05, 0) is 40.9 Å². The van der Waals surface area contributed by atoms with E-state index in [1.807, 2.05) is 6.07 Å². The first kappa shape index (κ1) is 14.8. The van der Waals surface area contributed by atoms with E-state index in [1.165, 1.54) is 4.90 Å². The molecule has 1 saturated heterocycles. The Balaban J connectivity index is 2.16.